The van der Waals surface area contributed by atoms with Gasteiger partial charge in [-0.1, -0.05) is 12.2 Å². The Morgan fingerprint density at radius 3 is 2.96 bits per heavy atom. The molecule has 0 unspecified atom stereocenters. The summed E-state index contributed by atoms with van der Waals surface area (Å²) in [5.41, 5.74) is -0.233. The van der Waals surface area contributed by atoms with Crippen LogP contribution in [0.3, 0.4) is 0 Å². The number of hydrogen-bond acceptors (Lipinski definition) is 6. The molecular formula is C16H12NO6-. The maximum Gasteiger partial charge on any atom is 0.234 e. The Morgan fingerprint density at radius 1 is 1.30 bits per heavy atom. The summed E-state index contributed by atoms with van der Waals surface area (Å²) < 4.78 is 16.4. The fourth-order valence-electron chi connectivity index (χ4n) is 4.04. The van der Waals surface area contributed by atoms with E-state index >= 15 is 0 Å². The van der Waals surface area contributed by atoms with Crippen molar-refractivity contribution >= 4 is 17.6 Å². The van der Waals surface area contributed by atoms with Gasteiger partial charge in [-0.2, -0.15) is 0 Å². The number of carbonyl (C=O) groups is 2. The second-order valence-corrected chi connectivity index (χ2v) is 6.18. The molecule has 4 aliphatic rings. The highest BCUT2D eigenvalue weighted by Crippen LogP contribution is 2.52. The maximum absolute atomic E-state index is 12.8. The van der Waals surface area contributed by atoms with Crippen molar-refractivity contribution in [1.29, 1.82) is 0 Å². The fraction of sp³-hybridized carbons (Fsp3) is 0.375. The van der Waals surface area contributed by atoms with Gasteiger partial charge in [-0.05, 0) is 12.1 Å². The molecule has 118 valence electrons. The molecule has 4 aliphatic heterocycles. The molecule has 1 aromatic rings. The van der Waals surface area contributed by atoms with E-state index < -0.39 is 29.5 Å². The third kappa shape index (κ3) is 1.52. The molecule has 2 bridgehead atoms. The number of nitrogens with zero attached hydrogens (tertiary/aromatic N) is 1. The molecule has 0 aliphatic carbocycles. The summed E-state index contributed by atoms with van der Waals surface area (Å²) in [4.78, 5) is 25.8. The number of aliphatic carboxylic acids is 1. The lowest BCUT2D eigenvalue weighted by molar-refractivity contribution is -0.313. The van der Waals surface area contributed by atoms with Gasteiger partial charge in [0, 0.05) is 23.6 Å². The van der Waals surface area contributed by atoms with Crippen LogP contribution in [-0.2, 0) is 14.3 Å². The normalized spacial score (nSPS) is 35.9. The van der Waals surface area contributed by atoms with E-state index in [4.69, 9.17) is 14.2 Å². The molecule has 2 saturated heterocycles. The van der Waals surface area contributed by atoms with Crippen LogP contribution in [0.4, 0.5) is 5.69 Å². The van der Waals surface area contributed by atoms with Gasteiger partial charge in [0.25, 0.3) is 0 Å². The zero-order valence-electron chi connectivity index (χ0n) is 11.9. The predicted molar refractivity (Wildman–Crippen MR) is 73.6 cm³/mol. The number of ether oxygens (including phenoxy) is 3. The predicted octanol–water partition coefficient (Wildman–Crippen LogP) is -0.548. The van der Waals surface area contributed by atoms with Crippen LogP contribution in [0, 0.1) is 11.8 Å². The third-order valence-corrected chi connectivity index (χ3v) is 5.04. The topological polar surface area (TPSA) is 88.1 Å². The molecule has 5 rings (SSSR count). The Hall–Kier alpha value is -2.54. The lowest BCUT2D eigenvalue weighted by Crippen LogP contribution is -2.45. The van der Waals surface area contributed by atoms with E-state index in [2.05, 4.69) is 0 Å². The summed E-state index contributed by atoms with van der Waals surface area (Å²) in [6.07, 6.45) is 2.95. The summed E-state index contributed by atoms with van der Waals surface area (Å²) in [7, 11) is 0. The quantitative estimate of drug-likeness (QED) is 0.681. The highest BCUT2D eigenvalue weighted by atomic mass is 16.7. The maximum atomic E-state index is 12.8. The standard InChI is InChI=1S/C16H13NO6/c18-14-13-12(15(19)20)10-3-4-16(13,23-10)6-17(14)8-1-2-9-11(5-8)22-7-21-9/h1-5,10,12-13H,6-7H2,(H,19,20)/p-1/t10-,12+,13-,16-/m1/s1. The minimum Gasteiger partial charge on any atom is -0.550 e. The highest BCUT2D eigenvalue weighted by Gasteiger charge is 2.65. The molecular weight excluding hydrogens is 302 g/mol. The summed E-state index contributed by atoms with van der Waals surface area (Å²) in [6, 6.07) is 5.22. The average molecular weight is 314 g/mol. The monoisotopic (exact) mass is 314 g/mol. The van der Waals surface area contributed by atoms with Crippen molar-refractivity contribution in [3.05, 3.63) is 30.4 Å². The van der Waals surface area contributed by atoms with Crippen LogP contribution in [0.25, 0.3) is 0 Å². The van der Waals surface area contributed by atoms with Crippen LogP contribution in [0.15, 0.2) is 30.4 Å². The van der Waals surface area contributed by atoms with Gasteiger partial charge in [0.05, 0.1) is 18.6 Å². The fourth-order valence-corrected chi connectivity index (χ4v) is 4.04. The van der Waals surface area contributed by atoms with E-state index in [0.717, 1.165) is 0 Å². The van der Waals surface area contributed by atoms with Crippen LogP contribution in [0.5, 0.6) is 11.5 Å². The first-order chi connectivity index (χ1) is 11.1. The van der Waals surface area contributed by atoms with E-state index in [1.54, 1.807) is 29.2 Å². The molecule has 0 radical (unpaired) electrons. The lowest BCUT2D eigenvalue weighted by atomic mass is 9.77. The van der Waals surface area contributed by atoms with Gasteiger partial charge in [0.2, 0.25) is 12.7 Å². The highest BCUT2D eigenvalue weighted by molar-refractivity contribution is 6.02. The van der Waals surface area contributed by atoms with Crippen molar-refractivity contribution in [1.82, 2.24) is 0 Å². The zero-order chi connectivity index (χ0) is 15.8. The van der Waals surface area contributed by atoms with Gasteiger partial charge in [0.15, 0.2) is 11.5 Å². The largest absolute Gasteiger partial charge is 0.550 e. The number of carboxylic acid groups (broad SMARTS) is 1. The van der Waals surface area contributed by atoms with Gasteiger partial charge >= 0.3 is 0 Å². The number of carboxylic acids is 1. The number of rotatable bonds is 2. The second kappa shape index (κ2) is 4.05. The smallest absolute Gasteiger partial charge is 0.234 e. The first-order valence-electron chi connectivity index (χ1n) is 7.38. The summed E-state index contributed by atoms with van der Waals surface area (Å²) >= 11 is 0. The van der Waals surface area contributed by atoms with Gasteiger partial charge in [0.1, 0.15) is 5.60 Å². The Kier molecular flexibility index (Phi) is 2.28. The third-order valence-electron chi connectivity index (χ3n) is 5.04. The molecule has 0 saturated carbocycles. The SMILES string of the molecule is O=C([O-])[C@H]1[C@H]2C=C[C@]3(CN(c4ccc5c(c4)OCO5)C(=O)[C@@H]13)O2. The molecule has 1 aromatic carbocycles. The molecule has 0 N–H and O–H groups in total. The number of fused-ring (bicyclic) bond motifs is 2. The Labute approximate surface area is 131 Å². The van der Waals surface area contributed by atoms with E-state index in [1.807, 2.05) is 6.08 Å². The molecule has 1 amide bonds. The first kappa shape index (κ1) is 13.0. The van der Waals surface area contributed by atoms with E-state index in [-0.39, 0.29) is 19.2 Å². The Morgan fingerprint density at radius 2 is 2.13 bits per heavy atom. The summed E-state index contributed by atoms with van der Waals surface area (Å²) in [5.74, 6) is -1.98. The number of anilines is 1. The molecule has 4 atom stereocenters. The van der Waals surface area contributed by atoms with Crippen molar-refractivity contribution < 1.29 is 28.9 Å². The van der Waals surface area contributed by atoms with Crippen LogP contribution in [0.1, 0.15) is 0 Å². The van der Waals surface area contributed by atoms with Gasteiger partial charge < -0.3 is 29.0 Å². The Bertz CT molecular complexity index is 774. The molecule has 1 spiro atoms. The van der Waals surface area contributed by atoms with E-state index in [9.17, 15) is 14.7 Å². The van der Waals surface area contributed by atoms with Gasteiger partial charge in [-0.25, -0.2) is 0 Å². The van der Waals surface area contributed by atoms with Crippen molar-refractivity contribution in [2.75, 3.05) is 18.2 Å². The number of benzene rings is 1. The molecule has 7 nitrogen and oxygen atoms in total. The average Bonchev–Trinajstić information content (AvgIpc) is 3.26. The Balaban J connectivity index is 1.54. The van der Waals surface area contributed by atoms with Crippen LogP contribution in [0.2, 0.25) is 0 Å². The van der Waals surface area contributed by atoms with Crippen molar-refractivity contribution in [2.24, 2.45) is 11.8 Å². The van der Waals surface area contributed by atoms with E-state index in [1.165, 1.54) is 0 Å². The minimum atomic E-state index is -1.24. The number of amides is 1. The molecule has 4 heterocycles. The molecule has 7 heteroatoms. The second-order valence-electron chi connectivity index (χ2n) is 6.18. The van der Waals surface area contributed by atoms with Crippen molar-refractivity contribution in [3.63, 3.8) is 0 Å². The van der Waals surface area contributed by atoms with Crippen LogP contribution in [-0.4, -0.2) is 36.9 Å². The first-order valence-corrected chi connectivity index (χ1v) is 7.38. The van der Waals surface area contributed by atoms with Crippen LogP contribution >= 0.6 is 0 Å². The van der Waals surface area contributed by atoms with Crippen molar-refractivity contribution in [2.45, 2.75) is 11.7 Å². The molecule has 2 fully saturated rings. The zero-order valence-corrected chi connectivity index (χ0v) is 11.9. The molecule has 23 heavy (non-hydrogen) atoms. The number of hydrogen-bond donors (Lipinski definition) is 0. The molecule has 0 aromatic heterocycles. The summed E-state index contributed by atoms with van der Waals surface area (Å²) in [6.45, 7) is 0.437. The minimum absolute atomic E-state index is 0.152. The van der Waals surface area contributed by atoms with Gasteiger partial charge in [-0.15, -0.1) is 0 Å². The van der Waals surface area contributed by atoms with Crippen molar-refractivity contribution in [3.8, 4) is 11.5 Å². The number of carbonyl (C=O) groups excluding carboxylic acids is 2. The van der Waals surface area contributed by atoms with E-state index in [0.29, 0.717) is 17.2 Å². The van der Waals surface area contributed by atoms with Crippen LogP contribution < -0.4 is 19.5 Å². The summed E-state index contributed by atoms with van der Waals surface area (Å²) in [5, 5.41) is 11.4. The van der Waals surface area contributed by atoms with Gasteiger partial charge in [-0.3, -0.25) is 4.79 Å². The lowest BCUT2D eigenvalue weighted by Gasteiger charge is -2.24.